The standard InChI is InChI=1S/C15H30N2O2/c1-5-12-8-13(16-11-15(2,3)4)10-17(9-12)7-6-14(18)19/h12-13,16H,5-11H2,1-4H3,(H,18,19). The highest BCUT2D eigenvalue weighted by atomic mass is 16.4. The molecule has 0 aromatic heterocycles. The van der Waals surface area contributed by atoms with Crippen molar-refractivity contribution in [2.45, 2.75) is 53.0 Å². The summed E-state index contributed by atoms with van der Waals surface area (Å²) in [5.41, 5.74) is 0.297. The van der Waals surface area contributed by atoms with E-state index < -0.39 is 5.97 Å². The number of aliphatic carboxylic acids is 1. The Morgan fingerprint density at radius 1 is 1.37 bits per heavy atom. The van der Waals surface area contributed by atoms with E-state index in [1.807, 2.05) is 0 Å². The first-order valence-electron chi connectivity index (χ1n) is 7.47. The average molecular weight is 270 g/mol. The van der Waals surface area contributed by atoms with Gasteiger partial charge in [0.05, 0.1) is 6.42 Å². The summed E-state index contributed by atoms with van der Waals surface area (Å²) >= 11 is 0. The Labute approximate surface area is 117 Å². The molecule has 1 rings (SSSR count). The van der Waals surface area contributed by atoms with Crippen molar-refractivity contribution in [3.63, 3.8) is 0 Å². The van der Waals surface area contributed by atoms with Crippen LogP contribution in [0.5, 0.6) is 0 Å². The van der Waals surface area contributed by atoms with Crippen molar-refractivity contribution in [2.24, 2.45) is 11.3 Å². The Morgan fingerprint density at radius 2 is 2.05 bits per heavy atom. The molecule has 1 heterocycles. The van der Waals surface area contributed by atoms with Crippen LogP contribution in [0.4, 0.5) is 0 Å². The van der Waals surface area contributed by atoms with Crippen molar-refractivity contribution in [3.8, 4) is 0 Å². The zero-order valence-corrected chi connectivity index (χ0v) is 12.9. The molecule has 0 aromatic carbocycles. The molecular formula is C15H30N2O2. The summed E-state index contributed by atoms with van der Waals surface area (Å²) in [5.74, 6) is -0.00200. The van der Waals surface area contributed by atoms with E-state index in [0.29, 0.717) is 23.9 Å². The van der Waals surface area contributed by atoms with E-state index in [-0.39, 0.29) is 6.42 Å². The number of nitrogens with one attached hydrogen (secondary N) is 1. The lowest BCUT2D eigenvalue weighted by molar-refractivity contribution is -0.137. The third-order valence-electron chi connectivity index (χ3n) is 3.75. The molecule has 2 atom stereocenters. The van der Waals surface area contributed by atoms with Gasteiger partial charge in [0.2, 0.25) is 0 Å². The maximum Gasteiger partial charge on any atom is 0.304 e. The molecule has 0 amide bonds. The minimum absolute atomic E-state index is 0.252. The molecule has 0 spiro atoms. The van der Waals surface area contributed by atoms with Crippen molar-refractivity contribution in [2.75, 3.05) is 26.2 Å². The molecule has 1 saturated heterocycles. The van der Waals surface area contributed by atoms with Gasteiger partial charge >= 0.3 is 5.97 Å². The lowest BCUT2D eigenvalue weighted by Crippen LogP contribution is -2.51. The van der Waals surface area contributed by atoms with E-state index in [1.54, 1.807) is 0 Å². The van der Waals surface area contributed by atoms with Crippen molar-refractivity contribution in [1.82, 2.24) is 10.2 Å². The first kappa shape index (κ1) is 16.4. The van der Waals surface area contributed by atoms with E-state index in [1.165, 1.54) is 12.8 Å². The van der Waals surface area contributed by atoms with Crippen LogP contribution >= 0.6 is 0 Å². The molecule has 112 valence electrons. The minimum atomic E-state index is -0.696. The molecule has 0 aromatic rings. The quantitative estimate of drug-likeness (QED) is 0.777. The average Bonchev–Trinajstić information content (AvgIpc) is 2.33. The van der Waals surface area contributed by atoms with Gasteiger partial charge in [-0.05, 0) is 17.8 Å². The highest BCUT2D eigenvalue weighted by Crippen LogP contribution is 2.21. The van der Waals surface area contributed by atoms with Gasteiger partial charge < -0.3 is 15.3 Å². The fourth-order valence-corrected chi connectivity index (χ4v) is 2.63. The van der Waals surface area contributed by atoms with Crippen molar-refractivity contribution >= 4 is 5.97 Å². The summed E-state index contributed by atoms with van der Waals surface area (Å²) in [6.07, 6.45) is 2.65. The second-order valence-electron chi connectivity index (χ2n) is 7.05. The molecule has 1 aliphatic heterocycles. The Bertz CT molecular complexity index is 286. The molecule has 1 aliphatic rings. The van der Waals surface area contributed by atoms with Gasteiger partial charge in [-0.1, -0.05) is 34.1 Å². The van der Waals surface area contributed by atoms with Gasteiger partial charge in [-0.3, -0.25) is 4.79 Å². The minimum Gasteiger partial charge on any atom is -0.481 e. The molecule has 0 aliphatic carbocycles. The summed E-state index contributed by atoms with van der Waals surface area (Å²) in [6.45, 7) is 12.7. The van der Waals surface area contributed by atoms with Gasteiger partial charge in [0.25, 0.3) is 0 Å². The van der Waals surface area contributed by atoms with E-state index >= 15 is 0 Å². The SMILES string of the molecule is CCC1CC(NCC(C)(C)C)CN(CCC(=O)O)C1. The smallest absolute Gasteiger partial charge is 0.304 e. The third kappa shape index (κ3) is 6.92. The Kier molecular flexibility index (Phi) is 6.27. The number of likely N-dealkylation sites (tertiary alicyclic amines) is 1. The molecule has 2 N–H and O–H groups in total. The lowest BCUT2D eigenvalue weighted by Gasteiger charge is -2.38. The third-order valence-corrected chi connectivity index (χ3v) is 3.75. The predicted molar refractivity (Wildman–Crippen MR) is 78.3 cm³/mol. The number of nitrogens with zero attached hydrogens (tertiary/aromatic N) is 1. The highest BCUT2D eigenvalue weighted by Gasteiger charge is 2.27. The van der Waals surface area contributed by atoms with E-state index in [0.717, 1.165) is 19.6 Å². The fourth-order valence-electron chi connectivity index (χ4n) is 2.63. The predicted octanol–water partition coefficient (Wildman–Crippen LogP) is 2.20. The number of hydrogen-bond acceptors (Lipinski definition) is 3. The number of carboxylic acids is 1. The molecule has 19 heavy (non-hydrogen) atoms. The first-order valence-corrected chi connectivity index (χ1v) is 7.47. The molecule has 2 unspecified atom stereocenters. The topological polar surface area (TPSA) is 52.6 Å². The maximum atomic E-state index is 10.7. The highest BCUT2D eigenvalue weighted by molar-refractivity contribution is 5.66. The van der Waals surface area contributed by atoms with Crippen LogP contribution in [0.2, 0.25) is 0 Å². The Morgan fingerprint density at radius 3 is 2.58 bits per heavy atom. The molecule has 4 heteroatoms. The second-order valence-corrected chi connectivity index (χ2v) is 7.05. The van der Waals surface area contributed by atoms with E-state index in [9.17, 15) is 4.79 Å². The second kappa shape index (κ2) is 7.25. The maximum absolute atomic E-state index is 10.7. The monoisotopic (exact) mass is 270 g/mol. The van der Waals surface area contributed by atoms with Crippen molar-refractivity contribution in [1.29, 1.82) is 0 Å². The van der Waals surface area contributed by atoms with Crippen LogP contribution in [-0.4, -0.2) is 48.2 Å². The molecule has 1 fully saturated rings. The summed E-state index contributed by atoms with van der Waals surface area (Å²) in [7, 11) is 0. The zero-order valence-electron chi connectivity index (χ0n) is 12.9. The van der Waals surface area contributed by atoms with Crippen LogP contribution in [0.3, 0.4) is 0 Å². The van der Waals surface area contributed by atoms with E-state index in [4.69, 9.17) is 5.11 Å². The molecule has 0 bridgehead atoms. The summed E-state index contributed by atoms with van der Waals surface area (Å²) < 4.78 is 0. The Hall–Kier alpha value is -0.610. The van der Waals surface area contributed by atoms with Crippen LogP contribution in [-0.2, 0) is 4.79 Å². The van der Waals surface area contributed by atoms with Crippen LogP contribution < -0.4 is 5.32 Å². The molecule has 0 radical (unpaired) electrons. The van der Waals surface area contributed by atoms with Gasteiger partial charge in [0.15, 0.2) is 0 Å². The lowest BCUT2D eigenvalue weighted by atomic mass is 9.90. The van der Waals surface area contributed by atoms with Crippen LogP contribution in [0.25, 0.3) is 0 Å². The number of hydrogen-bond donors (Lipinski definition) is 2. The molecule has 0 saturated carbocycles. The zero-order chi connectivity index (χ0) is 14.5. The van der Waals surface area contributed by atoms with Gasteiger partial charge in [-0.25, -0.2) is 0 Å². The first-order chi connectivity index (χ1) is 8.80. The largest absolute Gasteiger partial charge is 0.481 e. The Balaban J connectivity index is 2.45. The fraction of sp³-hybridized carbons (Fsp3) is 0.933. The number of carboxylic acid groups (broad SMARTS) is 1. The van der Waals surface area contributed by atoms with Crippen molar-refractivity contribution in [3.05, 3.63) is 0 Å². The van der Waals surface area contributed by atoms with Crippen LogP contribution in [0.1, 0.15) is 47.0 Å². The van der Waals surface area contributed by atoms with Gasteiger partial charge in [-0.2, -0.15) is 0 Å². The summed E-state index contributed by atoms with van der Waals surface area (Å²) in [4.78, 5) is 13.0. The molecular weight excluding hydrogens is 240 g/mol. The van der Waals surface area contributed by atoms with Gasteiger partial charge in [0, 0.05) is 32.2 Å². The number of carbonyl (C=O) groups is 1. The molecule has 4 nitrogen and oxygen atoms in total. The summed E-state index contributed by atoms with van der Waals surface area (Å²) in [6, 6.07) is 0.506. The van der Waals surface area contributed by atoms with Crippen molar-refractivity contribution < 1.29 is 9.90 Å². The van der Waals surface area contributed by atoms with Crippen LogP contribution in [0, 0.1) is 11.3 Å². The summed E-state index contributed by atoms with van der Waals surface area (Å²) in [5, 5.41) is 12.5. The normalized spacial score (nSPS) is 25.5. The van der Waals surface area contributed by atoms with Crippen LogP contribution in [0.15, 0.2) is 0 Å². The van der Waals surface area contributed by atoms with E-state index in [2.05, 4.69) is 37.9 Å². The van der Waals surface area contributed by atoms with Gasteiger partial charge in [-0.15, -0.1) is 0 Å². The number of piperidine rings is 1. The number of rotatable bonds is 6. The van der Waals surface area contributed by atoms with Gasteiger partial charge in [0.1, 0.15) is 0 Å².